The molecule has 0 aliphatic heterocycles. The number of anilines is 1. The molecule has 2 rings (SSSR count). The summed E-state index contributed by atoms with van der Waals surface area (Å²) < 4.78 is 18.0. The maximum atomic E-state index is 11.5. The minimum Gasteiger partial charge on any atom is -0.497 e. The molecular formula is C19H23ClN2O3S. The molecule has 1 aromatic heterocycles. The number of carbonyl (C=O) groups is 1. The fourth-order valence-electron chi connectivity index (χ4n) is 2.25. The molecule has 140 valence electrons. The first kappa shape index (κ1) is 18.9. The molecular weight excluding hydrogens is 372 g/mol. The molecule has 0 saturated carbocycles. The second kappa shape index (κ2) is 10.3. The van der Waals surface area contributed by atoms with Crippen molar-refractivity contribution in [3.05, 3.63) is 47.1 Å². The summed E-state index contributed by atoms with van der Waals surface area (Å²) in [5, 5.41) is 0.493. The third-order valence-corrected chi connectivity index (χ3v) is 5.08. The predicted molar refractivity (Wildman–Crippen MR) is 106 cm³/mol. The first-order valence-corrected chi connectivity index (χ1v) is 9.55. The third kappa shape index (κ3) is 5.81. The van der Waals surface area contributed by atoms with E-state index in [1.54, 1.807) is 25.1 Å². The molecule has 0 amide bonds. The largest absolute Gasteiger partial charge is 0.497 e. The molecule has 0 fully saturated rings. The third-order valence-electron chi connectivity index (χ3n) is 3.54. The lowest BCUT2D eigenvalue weighted by molar-refractivity contribution is -0.142. The highest BCUT2D eigenvalue weighted by Gasteiger charge is 2.13. The van der Waals surface area contributed by atoms with Crippen molar-refractivity contribution in [2.45, 2.75) is 24.8 Å². The van der Waals surface area contributed by atoms with E-state index < -0.39 is 0 Å². The van der Waals surface area contributed by atoms with Gasteiger partial charge in [0.25, 0.3) is 0 Å². The van der Waals surface area contributed by atoms with Crippen LogP contribution in [0, 0.1) is 0 Å². The van der Waals surface area contributed by atoms with Crippen molar-refractivity contribution in [2.75, 3.05) is 31.4 Å². The summed E-state index contributed by atoms with van der Waals surface area (Å²) in [4.78, 5) is 18.4. The lowest BCUT2D eigenvalue weighted by Crippen LogP contribution is -2.18. The second-order valence-corrected chi connectivity index (χ2v) is 6.91. The van der Waals surface area contributed by atoms with Gasteiger partial charge in [0, 0.05) is 31.8 Å². The highest BCUT2D eigenvalue weighted by Crippen LogP contribution is 2.34. The van der Waals surface area contributed by atoms with Gasteiger partial charge in [-0.2, -0.15) is 0 Å². The average molecular weight is 396 g/mol. The molecule has 0 saturated heterocycles. The molecule has 1 aromatic carbocycles. The maximum absolute atomic E-state index is 11.5. The van der Waals surface area contributed by atoms with Gasteiger partial charge in [-0.1, -0.05) is 23.7 Å². The number of methoxy groups -OCH3 is 1. The topological polar surface area (TPSA) is 51.7 Å². The van der Waals surface area contributed by atoms with Crippen molar-refractivity contribution in [1.82, 2.24) is 4.98 Å². The molecule has 0 aliphatic rings. The Morgan fingerprint density at radius 1 is 1.35 bits per heavy atom. The van der Waals surface area contributed by atoms with Crippen LogP contribution in [0.5, 0.6) is 5.75 Å². The highest BCUT2D eigenvalue weighted by atomic mass is 35.5. The standard InChI is InChI=1S/C19H23ClN2O3S/c1-4-25-17(23)10-12-26-16-9-11-21-19(18(16)20)22(2)13-14-5-7-15(24-3)8-6-14/h5-9,11H,4,10,12-13H2,1-3H3/i2D. The van der Waals surface area contributed by atoms with Crippen LogP contribution in [-0.2, 0) is 16.1 Å². The van der Waals surface area contributed by atoms with E-state index in [1.165, 1.54) is 11.8 Å². The molecule has 0 aliphatic carbocycles. The minimum absolute atomic E-state index is 0.0235. The van der Waals surface area contributed by atoms with Gasteiger partial charge in [0.15, 0.2) is 0 Å². The maximum Gasteiger partial charge on any atom is 0.306 e. The Balaban J connectivity index is 2.07. The van der Waals surface area contributed by atoms with Gasteiger partial charge in [-0.15, -0.1) is 11.8 Å². The number of nitrogens with zero attached hydrogens (tertiary/aromatic N) is 2. The molecule has 1 heterocycles. The quantitative estimate of drug-likeness (QED) is 0.462. The van der Waals surface area contributed by atoms with Crippen LogP contribution in [0.15, 0.2) is 41.4 Å². The van der Waals surface area contributed by atoms with E-state index in [0.29, 0.717) is 36.2 Å². The van der Waals surface area contributed by atoms with E-state index in [9.17, 15) is 4.79 Å². The molecule has 0 radical (unpaired) electrons. The Kier molecular flexibility index (Phi) is 7.46. The smallest absolute Gasteiger partial charge is 0.306 e. The van der Waals surface area contributed by atoms with Crippen molar-refractivity contribution >= 4 is 35.1 Å². The number of hydrogen-bond acceptors (Lipinski definition) is 6. The van der Waals surface area contributed by atoms with Crippen LogP contribution in [0.2, 0.25) is 5.02 Å². The molecule has 0 unspecified atom stereocenters. The summed E-state index contributed by atoms with van der Waals surface area (Å²) in [5.41, 5.74) is 1.03. The predicted octanol–water partition coefficient (Wildman–Crippen LogP) is 4.43. The number of thioether (sulfide) groups is 1. The van der Waals surface area contributed by atoms with Crippen LogP contribution in [-0.4, -0.2) is 37.4 Å². The van der Waals surface area contributed by atoms with Gasteiger partial charge in [0.2, 0.25) is 0 Å². The van der Waals surface area contributed by atoms with Crippen LogP contribution < -0.4 is 9.64 Å². The van der Waals surface area contributed by atoms with Gasteiger partial charge in [-0.25, -0.2) is 4.98 Å². The summed E-state index contributed by atoms with van der Waals surface area (Å²) >= 11 is 8.01. The zero-order valence-corrected chi connectivity index (χ0v) is 16.5. The van der Waals surface area contributed by atoms with E-state index in [1.807, 2.05) is 30.3 Å². The van der Waals surface area contributed by atoms with E-state index >= 15 is 0 Å². The average Bonchev–Trinajstić information content (AvgIpc) is 2.68. The lowest BCUT2D eigenvalue weighted by atomic mass is 10.2. The Labute approximate surface area is 165 Å². The Bertz CT molecular complexity index is 746. The molecule has 0 N–H and O–H groups in total. The SMILES string of the molecule is [2H]CN(Cc1ccc(OC)cc1)c1nccc(SCCC(=O)OCC)c1Cl. The molecule has 0 spiro atoms. The first-order chi connectivity index (χ1) is 13.1. The highest BCUT2D eigenvalue weighted by molar-refractivity contribution is 7.99. The number of rotatable bonds is 9. The van der Waals surface area contributed by atoms with Gasteiger partial charge in [-0.05, 0) is 30.7 Å². The first-order valence-electron chi connectivity index (χ1n) is 8.89. The minimum atomic E-state index is -0.220. The number of esters is 1. The van der Waals surface area contributed by atoms with Crippen molar-refractivity contribution in [2.24, 2.45) is 0 Å². The number of ether oxygens (including phenoxy) is 2. The number of carbonyl (C=O) groups excluding carboxylic acids is 1. The zero-order chi connectivity index (χ0) is 19.6. The van der Waals surface area contributed by atoms with Crippen LogP contribution in [0.3, 0.4) is 0 Å². The van der Waals surface area contributed by atoms with Gasteiger partial charge in [0.05, 0.1) is 25.2 Å². The van der Waals surface area contributed by atoms with Crippen molar-refractivity contribution in [1.29, 1.82) is 0 Å². The summed E-state index contributed by atoms with van der Waals surface area (Å²) in [7, 11) is 1.65. The van der Waals surface area contributed by atoms with Crippen LogP contribution in [0.4, 0.5) is 5.82 Å². The van der Waals surface area contributed by atoms with Gasteiger partial charge in [-0.3, -0.25) is 4.79 Å². The van der Waals surface area contributed by atoms with Gasteiger partial charge in [0.1, 0.15) is 11.6 Å². The monoisotopic (exact) mass is 395 g/mol. The summed E-state index contributed by atoms with van der Waals surface area (Å²) in [6.45, 7) is 2.68. The Morgan fingerprint density at radius 2 is 2.12 bits per heavy atom. The number of aromatic nitrogens is 1. The summed E-state index contributed by atoms with van der Waals surface area (Å²) in [6.07, 6.45) is 1.99. The van der Waals surface area contributed by atoms with Crippen molar-refractivity contribution in [3.63, 3.8) is 0 Å². The molecule has 7 heteroatoms. The number of hydrogen-bond donors (Lipinski definition) is 0. The van der Waals surface area contributed by atoms with E-state index in [2.05, 4.69) is 4.98 Å². The van der Waals surface area contributed by atoms with Crippen LogP contribution in [0.1, 0.15) is 20.3 Å². The van der Waals surface area contributed by atoms with E-state index in [0.717, 1.165) is 16.2 Å². The molecule has 0 bridgehead atoms. The Morgan fingerprint density at radius 3 is 2.77 bits per heavy atom. The Hall–Kier alpha value is -1.92. The normalized spacial score (nSPS) is 11.0. The number of pyridine rings is 1. The van der Waals surface area contributed by atoms with E-state index in [4.69, 9.17) is 22.4 Å². The van der Waals surface area contributed by atoms with Gasteiger partial charge < -0.3 is 14.4 Å². The molecule has 2 aromatic rings. The fourth-order valence-corrected chi connectivity index (χ4v) is 3.51. The van der Waals surface area contributed by atoms with E-state index in [-0.39, 0.29) is 13.0 Å². The van der Waals surface area contributed by atoms with Crippen LogP contribution in [0.25, 0.3) is 0 Å². The second-order valence-electron chi connectivity index (χ2n) is 5.40. The van der Waals surface area contributed by atoms with Crippen molar-refractivity contribution < 1.29 is 15.6 Å². The molecule has 5 nitrogen and oxygen atoms in total. The van der Waals surface area contributed by atoms with Crippen LogP contribution >= 0.6 is 23.4 Å². The zero-order valence-electron chi connectivity index (χ0n) is 15.9. The summed E-state index contributed by atoms with van der Waals surface area (Å²) in [6, 6.07) is 9.49. The molecule has 0 atom stereocenters. The lowest BCUT2D eigenvalue weighted by Gasteiger charge is -2.20. The number of benzene rings is 1. The van der Waals surface area contributed by atoms with Crippen molar-refractivity contribution in [3.8, 4) is 5.75 Å². The summed E-state index contributed by atoms with van der Waals surface area (Å²) in [5.74, 6) is 1.69. The fraction of sp³-hybridized carbons (Fsp3) is 0.368. The molecule has 26 heavy (non-hydrogen) atoms. The number of halogens is 1. The van der Waals surface area contributed by atoms with Gasteiger partial charge >= 0.3 is 5.97 Å².